The molecular weight excluding hydrogens is 250 g/mol. The Morgan fingerprint density at radius 3 is 2.58 bits per heavy atom. The van der Waals surface area contributed by atoms with Gasteiger partial charge in [0.15, 0.2) is 0 Å². The summed E-state index contributed by atoms with van der Waals surface area (Å²) in [5.41, 5.74) is 0.480. The highest BCUT2D eigenvalue weighted by molar-refractivity contribution is 7.10. The minimum Gasteiger partial charge on any atom is -0.306 e. The molecule has 0 radical (unpaired) electrons. The number of hydrogen-bond acceptors (Lipinski definition) is 2. The standard InChI is InChI=1S/C17H27NS/c1-17(2)11-5-10-15(17)18-16(13-7-3-4-8-13)14-9-6-12-19-14/h6,9,12-13,15-16,18H,3-5,7-8,10-11H2,1-2H3. The molecule has 1 nitrogen and oxygen atoms in total. The van der Waals surface area contributed by atoms with E-state index in [-0.39, 0.29) is 0 Å². The van der Waals surface area contributed by atoms with E-state index in [9.17, 15) is 0 Å². The van der Waals surface area contributed by atoms with Gasteiger partial charge in [0.1, 0.15) is 0 Å². The molecule has 1 aromatic rings. The highest BCUT2D eigenvalue weighted by Crippen LogP contribution is 2.42. The van der Waals surface area contributed by atoms with Crippen LogP contribution in [0.15, 0.2) is 17.5 Å². The van der Waals surface area contributed by atoms with Crippen molar-refractivity contribution in [2.75, 3.05) is 0 Å². The molecule has 2 aliphatic rings. The maximum absolute atomic E-state index is 4.06. The lowest BCUT2D eigenvalue weighted by atomic mass is 9.85. The fraction of sp³-hybridized carbons (Fsp3) is 0.765. The van der Waals surface area contributed by atoms with Crippen LogP contribution in [0.4, 0.5) is 0 Å². The Bertz CT molecular complexity index is 389. The lowest BCUT2D eigenvalue weighted by Crippen LogP contribution is -2.41. The predicted octanol–water partition coefficient (Wildman–Crippen LogP) is 5.15. The zero-order valence-electron chi connectivity index (χ0n) is 12.3. The molecule has 2 atom stereocenters. The zero-order chi connectivity index (χ0) is 13.3. The van der Waals surface area contributed by atoms with E-state index in [1.165, 1.54) is 44.9 Å². The first-order chi connectivity index (χ1) is 9.17. The summed E-state index contributed by atoms with van der Waals surface area (Å²) < 4.78 is 0. The molecule has 2 fully saturated rings. The average molecular weight is 277 g/mol. The number of nitrogens with one attached hydrogen (secondary N) is 1. The summed E-state index contributed by atoms with van der Waals surface area (Å²) >= 11 is 1.94. The third-order valence-electron chi connectivity index (χ3n) is 5.36. The van der Waals surface area contributed by atoms with Crippen LogP contribution in [-0.2, 0) is 0 Å². The van der Waals surface area contributed by atoms with E-state index in [1.807, 2.05) is 11.3 Å². The minimum absolute atomic E-state index is 0.480. The first kappa shape index (κ1) is 13.6. The van der Waals surface area contributed by atoms with Crippen molar-refractivity contribution < 1.29 is 0 Å². The predicted molar refractivity (Wildman–Crippen MR) is 83.6 cm³/mol. The zero-order valence-corrected chi connectivity index (χ0v) is 13.1. The second kappa shape index (κ2) is 5.57. The van der Waals surface area contributed by atoms with Gasteiger partial charge in [-0.3, -0.25) is 0 Å². The van der Waals surface area contributed by atoms with Crippen LogP contribution in [0, 0.1) is 11.3 Å². The smallest absolute Gasteiger partial charge is 0.0445 e. The molecule has 0 bridgehead atoms. The molecule has 0 amide bonds. The van der Waals surface area contributed by atoms with E-state index in [0.29, 0.717) is 17.5 Å². The molecule has 2 heteroatoms. The Morgan fingerprint density at radius 1 is 1.21 bits per heavy atom. The summed E-state index contributed by atoms with van der Waals surface area (Å²) in [5, 5.41) is 6.30. The van der Waals surface area contributed by atoms with Gasteiger partial charge in [-0.25, -0.2) is 0 Å². The first-order valence-electron chi connectivity index (χ1n) is 7.96. The maximum Gasteiger partial charge on any atom is 0.0445 e. The highest BCUT2D eigenvalue weighted by atomic mass is 32.1. The van der Waals surface area contributed by atoms with Crippen molar-refractivity contribution in [2.45, 2.75) is 70.9 Å². The molecule has 1 heterocycles. The third-order valence-corrected chi connectivity index (χ3v) is 6.31. The lowest BCUT2D eigenvalue weighted by molar-refractivity contribution is 0.233. The highest BCUT2D eigenvalue weighted by Gasteiger charge is 2.38. The topological polar surface area (TPSA) is 12.0 Å². The Labute approximate surface area is 121 Å². The van der Waals surface area contributed by atoms with Crippen LogP contribution in [0.25, 0.3) is 0 Å². The summed E-state index contributed by atoms with van der Waals surface area (Å²) in [5.74, 6) is 0.870. The number of thiophene rings is 1. The molecular formula is C17H27NS. The molecule has 1 aromatic heterocycles. The quantitative estimate of drug-likeness (QED) is 0.802. The molecule has 0 saturated heterocycles. The molecule has 106 valence electrons. The summed E-state index contributed by atoms with van der Waals surface area (Å²) in [4.78, 5) is 1.56. The van der Waals surface area contributed by atoms with E-state index in [0.717, 1.165) is 5.92 Å². The Morgan fingerprint density at radius 2 is 2.00 bits per heavy atom. The summed E-state index contributed by atoms with van der Waals surface area (Å²) in [6.45, 7) is 4.88. The third kappa shape index (κ3) is 2.90. The molecule has 0 spiro atoms. The summed E-state index contributed by atoms with van der Waals surface area (Å²) in [7, 11) is 0. The fourth-order valence-electron chi connectivity index (χ4n) is 4.06. The van der Waals surface area contributed by atoms with E-state index < -0.39 is 0 Å². The fourth-order valence-corrected chi connectivity index (χ4v) is 4.94. The second-order valence-electron chi connectivity index (χ2n) is 7.14. The van der Waals surface area contributed by atoms with Gasteiger partial charge in [-0.15, -0.1) is 11.3 Å². The van der Waals surface area contributed by atoms with Crippen molar-refractivity contribution in [3.63, 3.8) is 0 Å². The largest absolute Gasteiger partial charge is 0.306 e. The van der Waals surface area contributed by atoms with Gasteiger partial charge >= 0.3 is 0 Å². The van der Waals surface area contributed by atoms with E-state index >= 15 is 0 Å². The van der Waals surface area contributed by atoms with Crippen LogP contribution in [0.1, 0.15) is 69.7 Å². The van der Waals surface area contributed by atoms with Gasteiger partial charge in [0.05, 0.1) is 0 Å². The van der Waals surface area contributed by atoms with Crippen molar-refractivity contribution in [1.29, 1.82) is 0 Å². The molecule has 1 N–H and O–H groups in total. The Kier molecular flexibility index (Phi) is 4.00. The van der Waals surface area contributed by atoms with Crippen molar-refractivity contribution in [3.05, 3.63) is 22.4 Å². The molecule has 0 aliphatic heterocycles. The molecule has 0 aromatic carbocycles. The van der Waals surface area contributed by atoms with Gasteiger partial charge in [0.2, 0.25) is 0 Å². The monoisotopic (exact) mass is 277 g/mol. The van der Waals surface area contributed by atoms with Crippen LogP contribution >= 0.6 is 11.3 Å². The minimum atomic E-state index is 0.480. The van der Waals surface area contributed by atoms with Gasteiger partial charge in [-0.1, -0.05) is 39.2 Å². The molecule has 2 aliphatic carbocycles. The van der Waals surface area contributed by atoms with Crippen LogP contribution < -0.4 is 5.32 Å². The number of rotatable bonds is 4. The first-order valence-corrected chi connectivity index (χ1v) is 8.84. The van der Waals surface area contributed by atoms with Gasteiger partial charge in [-0.05, 0) is 48.5 Å². The van der Waals surface area contributed by atoms with Crippen molar-refractivity contribution >= 4 is 11.3 Å². The molecule has 19 heavy (non-hydrogen) atoms. The van der Waals surface area contributed by atoms with E-state index in [4.69, 9.17) is 0 Å². The van der Waals surface area contributed by atoms with Crippen molar-refractivity contribution in [1.82, 2.24) is 5.32 Å². The van der Waals surface area contributed by atoms with Crippen molar-refractivity contribution in [2.24, 2.45) is 11.3 Å². The SMILES string of the molecule is CC1(C)CCCC1NC(c1cccs1)C1CCCC1. The Balaban J connectivity index is 1.76. The van der Waals surface area contributed by atoms with E-state index in [2.05, 4.69) is 36.7 Å². The van der Waals surface area contributed by atoms with Gasteiger partial charge in [0.25, 0.3) is 0 Å². The van der Waals surface area contributed by atoms with Crippen LogP contribution in [0.3, 0.4) is 0 Å². The van der Waals surface area contributed by atoms with E-state index in [1.54, 1.807) is 4.88 Å². The lowest BCUT2D eigenvalue weighted by Gasteiger charge is -2.34. The normalized spacial score (nSPS) is 28.8. The molecule has 3 rings (SSSR count). The number of hydrogen-bond donors (Lipinski definition) is 1. The Hall–Kier alpha value is -0.340. The van der Waals surface area contributed by atoms with Crippen LogP contribution in [-0.4, -0.2) is 6.04 Å². The van der Waals surface area contributed by atoms with Crippen LogP contribution in [0.5, 0.6) is 0 Å². The molecule has 2 unspecified atom stereocenters. The van der Waals surface area contributed by atoms with Crippen molar-refractivity contribution in [3.8, 4) is 0 Å². The van der Waals surface area contributed by atoms with Gasteiger partial charge in [-0.2, -0.15) is 0 Å². The van der Waals surface area contributed by atoms with Gasteiger partial charge < -0.3 is 5.32 Å². The van der Waals surface area contributed by atoms with Crippen LogP contribution in [0.2, 0.25) is 0 Å². The summed E-state index contributed by atoms with van der Waals surface area (Å²) in [6.07, 6.45) is 9.84. The van der Waals surface area contributed by atoms with Gasteiger partial charge in [0, 0.05) is 17.0 Å². The summed E-state index contributed by atoms with van der Waals surface area (Å²) in [6, 6.07) is 5.87. The maximum atomic E-state index is 4.06. The second-order valence-corrected chi connectivity index (χ2v) is 8.12. The average Bonchev–Trinajstić information content (AvgIpc) is 3.06. The molecule has 2 saturated carbocycles.